The molecule has 0 fully saturated rings. The minimum Gasteiger partial charge on any atom is -0.497 e. The number of rotatable bonds is 7. The van der Waals surface area contributed by atoms with Crippen LogP contribution >= 0.6 is 0 Å². The molecule has 2 aromatic rings. The van der Waals surface area contributed by atoms with Gasteiger partial charge in [0.2, 0.25) is 0 Å². The van der Waals surface area contributed by atoms with Crippen LogP contribution < -0.4 is 9.64 Å². The van der Waals surface area contributed by atoms with Gasteiger partial charge in [0.1, 0.15) is 17.7 Å². The second kappa shape index (κ2) is 7.50. The highest BCUT2D eigenvalue weighted by Crippen LogP contribution is 2.28. The fourth-order valence-electron chi connectivity index (χ4n) is 2.63. The molecule has 0 aliphatic rings. The number of methoxy groups -OCH3 is 1. The van der Waals surface area contributed by atoms with Gasteiger partial charge in [-0.3, -0.25) is 4.79 Å². The standard InChI is InChI=1S/C18H19NO5/c1-19(13-6-4-3-5-7-13)16(18(22)23)15(17(20)21)12-8-10-14(24-2)11-9-12/h3-11,15-16H,1-2H3,(H,20,21)(H,22,23). The molecular weight excluding hydrogens is 310 g/mol. The maximum atomic E-state index is 11.8. The summed E-state index contributed by atoms with van der Waals surface area (Å²) in [4.78, 5) is 25.1. The molecule has 2 unspecified atom stereocenters. The first-order valence-corrected chi connectivity index (χ1v) is 7.33. The Kier molecular flexibility index (Phi) is 5.42. The van der Waals surface area contributed by atoms with Crippen LogP contribution in [0.1, 0.15) is 11.5 Å². The van der Waals surface area contributed by atoms with E-state index in [1.54, 1.807) is 55.6 Å². The summed E-state index contributed by atoms with van der Waals surface area (Å²) in [5.41, 5.74) is 1.03. The molecule has 0 saturated heterocycles. The Labute approximate surface area is 139 Å². The Morgan fingerprint density at radius 2 is 1.54 bits per heavy atom. The highest BCUT2D eigenvalue weighted by Gasteiger charge is 2.38. The van der Waals surface area contributed by atoms with E-state index in [-0.39, 0.29) is 0 Å². The molecular formula is C18H19NO5. The lowest BCUT2D eigenvalue weighted by molar-refractivity contribution is -0.146. The van der Waals surface area contributed by atoms with Gasteiger partial charge in [0, 0.05) is 12.7 Å². The van der Waals surface area contributed by atoms with E-state index in [1.807, 2.05) is 6.07 Å². The fraction of sp³-hybridized carbons (Fsp3) is 0.222. The number of hydrogen-bond acceptors (Lipinski definition) is 4. The number of nitrogens with zero attached hydrogens (tertiary/aromatic N) is 1. The summed E-state index contributed by atoms with van der Waals surface area (Å²) < 4.78 is 5.06. The zero-order valence-electron chi connectivity index (χ0n) is 13.4. The third-order valence-corrected chi connectivity index (χ3v) is 3.89. The van der Waals surface area contributed by atoms with Crippen molar-refractivity contribution in [1.29, 1.82) is 0 Å². The van der Waals surface area contributed by atoms with E-state index in [2.05, 4.69) is 0 Å². The van der Waals surface area contributed by atoms with Gasteiger partial charge in [-0.15, -0.1) is 0 Å². The number of ether oxygens (including phenoxy) is 1. The second-order valence-electron chi connectivity index (χ2n) is 5.32. The van der Waals surface area contributed by atoms with Crippen LogP contribution in [0.2, 0.25) is 0 Å². The summed E-state index contributed by atoms with van der Waals surface area (Å²) in [6, 6.07) is 14.0. The minimum atomic E-state index is -1.25. The van der Waals surface area contributed by atoms with Gasteiger partial charge >= 0.3 is 11.9 Å². The molecule has 126 valence electrons. The van der Waals surface area contributed by atoms with E-state index in [9.17, 15) is 19.8 Å². The smallest absolute Gasteiger partial charge is 0.327 e. The molecule has 6 heteroatoms. The third-order valence-electron chi connectivity index (χ3n) is 3.89. The summed E-state index contributed by atoms with van der Waals surface area (Å²) in [5.74, 6) is -3.05. The molecule has 2 rings (SSSR count). The van der Waals surface area contributed by atoms with E-state index >= 15 is 0 Å². The van der Waals surface area contributed by atoms with Gasteiger partial charge in [-0.2, -0.15) is 0 Å². The number of para-hydroxylation sites is 1. The van der Waals surface area contributed by atoms with Gasteiger partial charge in [-0.05, 0) is 29.8 Å². The summed E-state index contributed by atoms with van der Waals surface area (Å²) in [5, 5.41) is 19.3. The predicted molar refractivity (Wildman–Crippen MR) is 89.6 cm³/mol. The first-order valence-electron chi connectivity index (χ1n) is 7.33. The largest absolute Gasteiger partial charge is 0.497 e. The summed E-state index contributed by atoms with van der Waals surface area (Å²) in [7, 11) is 3.08. The minimum absolute atomic E-state index is 0.401. The molecule has 0 aromatic heterocycles. The first kappa shape index (κ1) is 17.3. The molecule has 2 atom stereocenters. The summed E-state index contributed by atoms with van der Waals surface area (Å²) in [6.45, 7) is 0. The molecule has 2 N–H and O–H groups in total. The van der Waals surface area contributed by atoms with Crippen LogP contribution in [0.3, 0.4) is 0 Å². The van der Waals surface area contributed by atoms with Gasteiger partial charge in [0.05, 0.1) is 7.11 Å². The van der Waals surface area contributed by atoms with Crippen molar-refractivity contribution in [2.45, 2.75) is 12.0 Å². The van der Waals surface area contributed by atoms with E-state index in [1.165, 1.54) is 12.0 Å². The van der Waals surface area contributed by atoms with Crippen LogP contribution in [0.15, 0.2) is 54.6 Å². The number of aliphatic carboxylic acids is 2. The number of carbonyl (C=O) groups is 2. The van der Waals surface area contributed by atoms with Crippen molar-refractivity contribution >= 4 is 17.6 Å². The van der Waals surface area contributed by atoms with Crippen LogP contribution in [0.5, 0.6) is 5.75 Å². The number of benzene rings is 2. The zero-order valence-corrected chi connectivity index (χ0v) is 13.4. The van der Waals surface area contributed by atoms with Crippen LogP contribution in [-0.2, 0) is 9.59 Å². The van der Waals surface area contributed by atoms with E-state index < -0.39 is 23.9 Å². The molecule has 0 amide bonds. The van der Waals surface area contributed by atoms with Crippen molar-refractivity contribution in [3.8, 4) is 5.75 Å². The highest BCUT2D eigenvalue weighted by molar-refractivity contribution is 5.89. The van der Waals surface area contributed by atoms with Gasteiger partial charge in [0.25, 0.3) is 0 Å². The van der Waals surface area contributed by atoms with Gasteiger partial charge in [0.15, 0.2) is 0 Å². The van der Waals surface area contributed by atoms with Crippen molar-refractivity contribution in [1.82, 2.24) is 0 Å². The second-order valence-corrected chi connectivity index (χ2v) is 5.32. The molecule has 0 heterocycles. The normalized spacial score (nSPS) is 12.9. The van der Waals surface area contributed by atoms with E-state index in [0.717, 1.165) is 0 Å². The van der Waals surface area contributed by atoms with Crippen molar-refractivity contribution in [2.24, 2.45) is 0 Å². The Bertz CT molecular complexity index is 699. The summed E-state index contributed by atoms with van der Waals surface area (Å²) >= 11 is 0. The van der Waals surface area contributed by atoms with Crippen LogP contribution in [0.25, 0.3) is 0 Å². The van der Waals surface area contributed by atoms with E-state index in [0.29, 0.717) is 17.0 Å². The SMILES string of the molecule is COc1ccc(C(C(=O)O)C(C(=O)O)N(C)c2ccccc2)cc1. The Balaban J connectivity index is 2.44. The predicted octanol–water partition coefficient (Wildman–Crippen LogP) is 2.45. The molecule has 0 bridgehead atoms. The Morgan fingerprint density at radius 1 is 0.958 bits per heavy atom. The molecule has 0 spiro atoms. The molecule has 0 aliphatic carbocycles. The van der Waals surface area contributed by atoms with Crippen molar-refractivity contribution < 1.29 is 24.5 Å². The fourth-order valence-corrected chi connectivity index (χ4v) is 2.63. The van der Waals surface area contributed by atoms with E-state index in [4.69, 9.17) is 4.74 Å². The number of carboxylic acid groups (broad SMARTS) is 2. The molecule has 0 aliphatic heterocycles. The van der Waals surface area contributed by atoms with Crippen molar-refractivity contribution in [3.05, 3.63) is 60.2 Å². The first-order chi connectivity index (χ1) is 11.5. The quantitative estimate of drug-likeness (QED) is 0.811. The number of anilines is 1. The lowest BCUT2D eigenvalue weighted by Gasteiger charge is -2.31. The third kappa shape index (κ3) is 3.65. The molecule has 6 nitrogen and oxygen atoms in total. The zero-order chi connectivity index (χ0) is 17.7. The average Bonchev–Trinajstić information content (AvgIpc) is 2.59. The van der Waals surface area contributed by atoms with Crippen LogP contribution in [-0.4, -0.2) is 42.4 Å². The van der Waals surface area contributed by atoms with Gasteiger partial charge < -0.3 is 19.8 Å². The molecule has 24 heavy (non-hydrogen) atoms. The lowest BCUT2D eigenvalue weighted by Crippen LogP contribution is -2.46. The molecule has 2 aromatic carbocycles. The Hall–Kier alpha value is -3.02. The van der Waals surface area contributed by atoms with Gasteiger partial charge in [-0.25, -0.2) is 4.79 Å². The van der Waals surface area contributed by atoms with Crippen molar-refractivity contribution in [3.63, 3.8) is 0 Å². The average molecular weight is 329 g/mol. The van der Waals surface area contributed by atoms with Crippen LogP contribution in [0.4, 0.5) is 5.69 Å². The summed E-state index contributed by atoms with van der Waals surface area (Å²) in [6.07, 6.45) is 0. The van der Waals surface area contributed by atoms with Crippen molar-refractivity contribution in [2.75, 3.05) is 19.1 Å². The topological polar surface area (TPSA) is 87.1 Å². The maximum Gasteiger partial charge on any atom is 0.327 e. The number of carboxylic acids is 2. The molecule has 0 radical (unpaired) electrons. The Morgan fingerprint density at radius 3 is 2.00 bits per heavy atom. The lowest BCUT2D eigenvalue weighted by atomic mass is 9.90. The monoisotopic (exact) mass is 329 g/mol. The van der Waals surface area contributed by atoms with Gasteiger partial charge in [-0.1, -0.05) is 30.3 Å². The number of hydrogen-bond donors (Lipinski definition) is 2. The highest BCUT2D eigenvalue weighted by atomic mass is 16.5. The van der Waals surface area contributed by atoms with Crippen LogP contribution in [0, 0.1) is 0 Å². The number of likely N-dealkylation sites (N-methyl/N-ethyl adjacent to an activating group) is 1. The maximum absolute atomic E-state index is 11.8. The molecule has 0 saturated carbocycles.